The number of nitrogen functional groups attached to an aromatic ring is 1. The zero-order chi connectivity index (χ0) is 14.0. The van der Waals surface area contributed by atoms with Crippen molar-refractivity contribution in [2.75, 3.05) is 19.8 Å². The molecule has 19 heavy (non-hydrogen) atoms. The second-order valence-corrected chi connectivity index (χ2v) is 4.58. The molecule has 0 saturated heterocycles. The zero-order valence-electron chi connectivity index (χ0n) is 11.2. The molecule has 6 heteroatoms. The zero-order valence-corrected chi connectivity index (χ0v) is 11.2. The number of amides is 1. The predicted octanol–water partition coefficient (Wildman–Crippen LogP) is 1.18. The van der Waals surface area contributed by atoms with Crippen LogP contribution in [0.25, 0.3) is 11.4 Å². The van der Waals surface area contributed by atoms with Gasteiger partial charge in [0.25, 0.3) is 0 Å². The molecule has 1 aromatic heterocycles. The van der Waals surface area contributed by atoms with E-state index >= 15 is 0 Å². The normalized spacial score (nSPS) is 12.2. The second kappa shape index (κ2) is 5.09. The third-order valence-electron chi connectivity index (χ3n) is 2.85. The van der Waals surface area contributed by atoms with E-state index in [1.165, 1.54) is 4.90 Å². The lowest BCUT2D eigenvalue weighted by Gasteiger charge is -2.16. The highest BCUT2D eigenvalue weighted by Crippen LogP contribution is 2.18. The monoisotopic (exact) mass is 259 g/mol. The van der Waals surface area contributed by atoms with Crippen molar-refractivity contribution in [2.45, 2.75) is 13.0 Å². The van der Waals surface area contributed by atoms with Crippen LogP contribution in [0.2, 0.25) is 0 Å². The number of benzene rings is 1. The van der Waals surface area contributed by atoms with E-state index in [0.717, 1.165) is 5.56 Å². The summed E-state index contributed by atoms with van der Waals surface area (Å²) in [6.07, 6.45) is 1.56. The summed E-state index contributed by atoms with van der Waals surface area (Å²) < 4.78 is 1.56. The number of nitrogens with two attached hydrogens (primary N) is 1. The molecule has 100 valence electrons. The summed E-state index contributed by atoms with van der Waals surface area (Å²) in [4.78, 5) is 17.6. The molecule has 0 bridgehead atoms. The number of rotatable bonds is 3. The van der Waals surface area contributed by atoms with Crippen LogP contribution >= 0.6 is 0 Å². The van der Waals surface area contributed by atoms with E-state index in [0.29, 0.717) is 11.5 Å². The molecule has 1 unspecified atom stereocenters. The van der Waals surface area contributed by atoms with Crippen molar-refractivity contribution in [2.24, 2.45) is 0 Å². The van der Waals surface area contributed by atoms with E-state index in [1.54, 1.807) is 44.2 Å². The average molecular weight is 259 g/mol. The molecular formula is C13H17N5O. The van der Waals surface area contributed by atoms with Gasteiger partial charge in [0, 0.05) is 25.3 Å². The van der Waals surface area contributed by atoms with E-state index in [9.17, 15) is 4.79 Å². The van der Waals surface area contributed by atoms with Crippen LogP contribution in [0.5, 0.6) is 0 Å². The number of likely N-dealkylation sites (N-methyl/N-ethyl adjacent to an activating group) is 1. The van der Waals surface area contributed by atoms with E-state index in [2.05, 4.69) is 10.1 Å². The lowest BCUT2D eigenvalue weighted by Crippen LogP contribution is -2.30. The Morgan fingerprint density at radius 3 is 2.79 bits per heavy atom. The molecule has 0 aliphatic carbocycles. The molecule has 0 aliphatic rings. The molecule has 2 rings (SSSR count). The van der Waals surface area contributed by atoms with Gasteiger partial charge in [-0.05, 0) is 19.1 Å². The minimum Gasteiger partial charge on any atom is -0.399 e. The van der Waals surface area contributed by atoms with Crippen LogP contribution in [-0.4, -0.2) is 39.7 Å². The van der Waals surface area contributed by atoms with Crippen LogP contribution < -0.4 is 5.73 Å². The van der Waals surface area contributed by atoms with Crippen molar-refractivity contribution in [3.05, 3.63) is 30.6 Å². The average Bonchev–Trinajstić information content (AvgIpc) is 2.86. The van der Waals surface area contributed by atoms with E-state index in [1.807, 2.05) is 12.1 Å². The maximum atomic E-state index is 11.9. The molecule has 1 aromatic carbocycles. The summed E-state index contributed by atoms with van der Waals surface area (Å²) in [7, 11) is 3.43. The second-order valence-electron chi connectivity index (χ2n) is 4.58. The van der Waals surface area contributed by atoms with Crippen molar-refractivity contribution in [1.82, 2.24) is 19.7 Å². The van der Waals surface area contributed by atoms with Gasteiger partial charge in [0.05, 0.1) is 0 Å². The molecule has 0 spiro atoms. The number of hydrogen-bond donors (Lipinski definition) is 1. The Balaban J connectivity index is 2.27. The molecule has 6 nitrogen and oxygen atoms in total. The Morgan fingerprint density at radius 1 is 1.42 bits per heavy atom. The molecule has 0 saturated carbocycles. The fourth-order valence-corrected chi connectivity index (χ4v) is 1.76. The van der Waals surface area contributed by atoms with Gasteiger partial charge in [-0.15, -0.1) is 0 Å². The topological polar surface area (TPSA) is 77.0 Å². The minimum absolute atomic E-state index is 0.0241. The molecule has 2 N–H and O–H groups in total. The third-order valence-corrected chi connectivity index (χ3v) is 2.85. The van der Waals surface area contributed by atoms with Crippen molar-refractivity contribution < 1.29 is 4.79 Å². The van der Waals surface area contributed by atoms with Crippen molar-refractivity contribution in [1.29, 1.82) is 0 Å². The van der Waals surface area contributed by atoms with E-state index in [4.69, 9.17) is 5.73 Å². The number of nitrogens with zero attached hydrogens (tertiary/aromatic N) is 4. The first-order chi connectivity index (χ1) is 8.99. The number of carbonyl (C=O) groups excluding carboxylic acids is 1. The Hall–Kier alpha value is -2.37. The summed E-state index contributed by atoms with van der Waals surface area (Å²) in [5, 5.41) is 4.33. The predicted molar refractivity (Wildman–Crippen MR) is 73.3 cm³/mol. The summed E-state index contributed by atoms with van der Waals surface area (Å²) in [6, 6.07) is 6.96. The number of anilines is 1. The van der Waals surface area contributed by atoms with Crippen LogP contribution in [0.1, 0.15) is 13.0 Å². The van der Waals surface area contributed by atoms with Gasteiger partial charge in [-0.1, -0.05) is 12.1 Å². The summed E-state index contributed by atoms with van der Waals surface area (Å²) >= 11 is 0. The Bertz CT molecular complexity index is 590. The lowest BCUT2D eigenvalue weighted by atomic mass is 10.2. The smallest absolute Gasteiger partial charge is 0.246 e. The SMILES string of the molecule is CC(C(=O)N(C)C)n1cnc(-c2cccc(N)c2)n1. The number of aromatic nitrogens is 3. The fraction of sp³-hybridized carbons (Fsp3) is 0.308. The van der Waals surface area contributed by atoms with Crippen molar-refractivity contribution in [3.8, 4) is 11.4 Å². The van der Waals surface area contributed by atoms with Gasteiger partial charge >= 0.3 is 0 Å². The first-order valence-electron chi connectivity index (χ1n) is 5.97. The van der Waals surface area contributed by atoms with Crippen LogP contribution in [0, 0.1) is 0 Å². The Labute approximate surface area is 111 Å². The van der Waals surface area contributed by atoms with Gasteiger partial charge in [0.2, 0.25) is 5.91 Å². The summed E-state index contributed by atoms with van der Waals surface area (Å²) in [5.74, 6) is 0.537. The molecule has 1 atom stereocenters. The Kier molecular flexibility index (Phi) is 3.50. The van der Waals surface area contributed by atoms with Gasteiger partial charge in [-0.2, -0.15) is 5.10 Å². The minimum atomic E-state index is -0.377. The first-order valence-corrected chi connectivity index (χ1v) is 5.97. The van der Waals surface area contributed by atoms with E-state index in [-0.39, 0.29) is 11.9 Å². The molecule has 1 heterocycles. The molecular weight excluding hydrogens is 242 g/mol. The van der Waals surface area contributed by atoms with Crippen LogP contribution in [-0.2, 0) is 4.79 Å². The maximum absolute atomic E-state index is 11.9. The molecule has 0 aliphatic heterocycles. The van der Waals surface area contributed by atoms with E-state index < -0.39 is 0 Å². The van der Waals surface area contributed by atoms with Crippen molar-refractivity contribution in [3.63, 3.8) is 0 Å². The summed E-state index contributed by atoms with van der Waals surface area (Å²) in [6.45, 7) is 1.79. The Morgan fingerprint density at radius 2 is 2.16 bits per heavy atom. The van der Waals surface area contributed by atoms with Crippen LogP contribution in [0.15, 0.2) is 30.6 Å². The quantitative estimate of drug-likeness (QED) is 0.840. The maximum Gasteiger partial charge on any atom is 0.246 e. The first kappa shape index (κ1) is 13.1. The largest absolute Gasteiger partial charge is 0.399 e. The fourth-order valence-electron chi connectivity index (χ4n) is 1.76. The van der Waals surface area contributed by atoms with Gasteiger partial charge < -0.3 is 10.6 Å². The van der Waals surface area contributed by atoms with Crippen LogP contribution in [0.3, 0.4) is 0 Å². The third kappa shape index (κ3) is 2.73. The highest BCUT2D eigenvalue weighted by Gasteiger charge is 2.18. The molecule has 1 amide bonds. The highest BCUT2D eigenvalue weighted by molar-refractivity contribution is 5.79. The number of carbonyl (C=O) groups is 1. The molecule has 2 aromatic rings. The van der Waals surface area contributed by atoms with Gasteiger partial charge in [-0.25, -0.2) is 9.67 Å². The highest BCUT2D eigenvalue weighted by atomic mass is 16.2. The molecule has 0 radical (unpaired) electrons. The lowest BCUT2D eigenvalue weighted by molar-refractivity contribution is -0.131. The van der Waals surface area contributed by atoms with Crippen molar-refractivity contribution >= 4 is 11.6 Å². The van der Waals surface area contributed by atoms with Gasteiger partial charge in [-0.3, -0.25) is 4.79 Å². The van der Waals surface area contributed by atoms with Crippen LogP contribution in [0.4, 0.5) is 5.69 Å². The van der Waals surface area contributed by atoms with Gasteiger partial charge in [0.1, 0.15) is 12.4 Å². The number of hydrogen-bond acceptors (Lipinski definition) is 4. The standard InChI is InChI=1S/C13H17N5O/c1-9(13(19)17(2)3)18-8-15-12(16-18)10-5-4-6-11(14)7-10/h4-9H,14H2,1-3H3. The van der Waals surface area contributed by atoms with Gasteiger partial charge in [0.15, 0.2) is 5.82 Å². The molecule has 0 fully saturated rings. The summed E-state index contributed by atoms with van der Waals surface area (Å²) in [5.41, 5.74) is 7.22.